The van der Waals surface area contributed by atoms with Crippen LogP contribution >= 0.6 is 0 Å². The zero-order valence-electron chi connectivity index (χ0n) is 10.9. The van der Waals surface area contributed by atoms with Crippen molar-refractivity contribution >= 4 is 11.9 Å². The van der Waals surface area contributed by atoms with Crippen LogP contribution in [-0.2, 0) is 4.79 Å². The molecule has 1 saturated carbocycles. The van der Waals surface area contributed by atoms with Gasteiger partial charge in [-0.15, -0.1) is 0 Å². The summed E-state index contributed by atoms with van der Waals surface area (Å²) in [5, 5.41) is 7.84. The number of imide groups is 1. The van der Waals surface area contributed by atoms with Gasteiger partial charge in [-0.3, -0.25) is 10.1 Å². The van der Waals surface area contributed by atoms with E-state index in [2.05, 4.69) is 22.9 Å². The maximum absolute atomic E-state index is 11.6. The van der Waals surface area contributed by atoms with Gasteiger partial charge in [-0.05, 0) is 31.6 Å². The van der Waals surface area contributed by atoms with Gasteiger partial charge in [0, 0.05) is 13.6 Å². The largest absolute Gasteiger partial charge is 0.341 e. The lowest BCUT2D eigenvalue weighted by Crippen LogP contribution is -2.50. The molecule has 3 amide bonds. The second-order valence-corrected chi connectivity index (χ2v) is 4.88. The second kappa shape index (κ2) is 6.00. The van der Waals surface area contributed by atoms with E-state index in [9.17, 15) is 9.59 Å². The van der Waals surface area contributed by atoms with Crippen molar-refractivity contribution in [2.24, 2.45) is 5.41 Å². The molecule has 0 aromatic rings. The Bertz CT molecular complexity index is 282. The van der Waals surface area contributed by atoms with E-state index in [-0.39, 0.29) is 11.9 Å². The molecule has 3 N–H and O–H groups in total. The minimum atomic E-state index is -0.461. The Kier molecular flexibility index (Phi) is 4.93. The number of carbonyl (C=O) groups is 2. The van der Waals surface area contributed by atoms with E-state index in [1.807, 2.05) is 0 Å². The van der Waals surface area contributed by atoms with E-state index < -0.39 is 6.03 Å². The lowest BCUT2D eigenvalue weighted by atomic mass is 9.67. The number of hydrogen-bond donors (Lipinski definition) is 3. The molecule has 0 bridgehead atoms. The Morgan fingerprint density at radius 3 is 2.41 bits per heavy atom. The van der Waals surface area contributed by atoms with Crippen LogP contribution in [0.2, 0.25) is 0 Å². The standard InChI is InChI=1S/C12H23N3O2/c1-4-12(6-5-7-12)8-14-9(2)10(16)15-11(17)13-3/h9,14H,4-8H2,1-3H3,(H2,13,15,16,17). The summed E-state index contributed by atoms with van der Waals surface area (Å²) in [5.41, 5.74) is 0.377. The van der Waals surface area contributed by atoms with Crippen molar-refractivity contribution in [2.75, 3.05) is 13.6 Å². The van der Waals surface area contributed by atoms with Crippen molar-refractivity contribution in [2.45, 2.75) is 45.6 Å². The average Bonchev–Trinajstić information content (AvgIpc) is 2.27. The first-order chi connectivity index (χ1) is 8.03. The fraction of sp³-hybridized carbons (Fsp3) is 0.833. The molecule has 0 spiro atoms. The van der Waals surface area contributed by atoms with Gasteiger partial charge >= 0.3 is 6.03 Å². The summed E-state index contributed by atoms with van der Waals surface area (Å²) >= 11 is 0. The van der Waals surface area contributed by atoms with Gasteiger partial charge in [-0.25, -0.2) is 4.79 Å². The first kappa shape index (κ1) is 14.0. The Morgan fingerprint density at radius 2 is 2.00 bits per heavy atom. The van der Waals surface area contributed by atoms with E-state index in [0.29, 0.717) is 5.41 Å². The van der Waals surface area contributed by atoms with Crippen LogP contribution in [0, 0.1) is 5.41 Å². The Balaban J connectivity index is 2.31. The van der Waals surface area contributed by atoms with Crippen molar-refractivity contribution in [1.29, 1.82) is 0 Å². The molecule has 0 saturated heterocycles. The lowest BCUT2D eigenvalue weighted by Gasteiger charge is -2.42. The van der Waals surface area contributed by atoms with E-state index in [1.165, 1.54) is 26.3 Å². The summed E-state index contributed by atoms with van der Waals surface area (Å²) in [5.74, 6) is -0.282. The molecule has 0 heterocycles. The predicted molar refractivity (Wildman–Crippen MR) is 66.6 cm³/mol. The molecule has 0 aromatic carbocycles. The van der Waals surface area contributed by atoms with Gasteiger partial charge in [0.25, 0.3) is 0 Å². The topological polar surface area (TPSA) is 70.2 Å². The summed E-state index contributed by atoms with van der Waals surface area (Å²) in [4.78, 5) is 22.6. The molecular weight excluding hydrogens is 218 g/mol. The van der Waals surface area contributed by atoms with Crippen LogP contribution in [0.3, 0.4) is 0 Å². The highest BCUT2D eigenvalue weighted by Crippen LogP contribution is 2.43. The minimum absolute atomic E-state index is 0.282. The van der Waals surface area contributed by atoms with Gasteiger partial charge in [0.2, 0.25) is 5.91 Å². The highest BCUT2D eigenvalue weighted by molar-refractivity contribution is 5.96. The molecule has 98 valence electrons. The van der Waals surface area contributed by atoms with Gasteiger partial charge in [0.1, 0.15) is 0 Å². The zero-order chi connectivity index (χ0) is 12.9. The number of rotatable bonds is 5. The molecule has 1 unspecified atom stereocenters. The van der Waals surface area contributed by atoms with Gasteiger partial charge in [0.15, 0.2) is 0 Å². The molecule has 0 aromatic heterocycles. The van der Waals surface area contributed by atoms with Gasteiger partial charge in [-0.1, -0.05) is 13.3 Å². The monoisotopic (exact) mass is 241 g/mol. The number of nitrogens with one attached hydrogen (secondary N) is 3. The molecule has 1 rings (SSSR count). The van der Waals surface area contributed by atoms with Crippen molar-refractivity contribution in [3.8, 4) is 0 Å². The number of urea groups is 1. The summed E-state index contributed by atoms with van der Waals surface area (Å²) < 4.78 is 0. The van der Waals surface area contributed by atoms with Crippen LogP contribution in [0.15, 0.2) is 0 Å². The van der Waals surface area contributed by atoms with Gasteiger partial charge < -0.3 is 10.6 Å². The van der Waals surface area contributed by atoms with Crippen molar-refractivity contribution in [3.63, 3.8) is 0 Å². The van der Waals surface area contributed by atoms with Crippen LogP contribution in [-0.4, -0.2) is 31.6 Å². The van der Waals surface area contributed by atoms with Crippen LogP contribution in [0.5, 0.6) is 0 Å². The van der Waals surface area contributed by atoms with Gasteiger partial charge in [0.05, 0.1) is 6.04 Å². The molecule has 1 aliphatic carbocycles. The predicted octanol–water partition coefficient (Wildman–Crippen LogP) is 1.00. The first-order valence-electron chi connectivity index (χ1n) is 6.29. The third-order valence-corrected chi connectivity index (χ3v) is 3.80. The van der Waals surface area contributed by atoms with Crippen molar-refractivity contribution < 1.29 is 9.59 Å². The SMILES string of the molecule is CCC1(CNC(C)C(=O)NC(=O)NC)CCC1. The highest BCUT2D eigenvalue weighted by atomic mass is 16.2. The van der Waals surface area contributed by atoms with Crippen molar-refractivity contribution in [1.82, 2.24) is 16.0 Å². The molecule has 17 heavy (non-hydrogen) atoms. The zero-order valence-corrected chi connectivity index (χ0v) is 10.9. The Hall–Kier alpha value is -1.10. The third kappa shape index (κ3) is 3.70. The van der Waals surface area contributed by atoms with E-state index in [1.54, 1.807) is 6.92 Å². The molecule has 1 aliphatic rings. The first-order valence-corrected chi connectivity index (χ1v) is 6.29. The second-order valence-electron chi connectivity index (χ2n) is 4.88. The van der Waals surface area contributed by atoms with Gasteiger partial charge in [-0.2, -0.15) is 0 Å². The quantitative estimate of drug-likeness (QED) is 0.672. The molecule has 0 radical (unpaired) electrons. The Morgan fingerprint density at radius 1 is 1.35 bits per heavy atom. The van der Waals surface area contributed by atoms with Crippen LogP contribution < -0.4 is 16.0 Å². The third-order valence-electron chi connectivity index (χ3n) is 3.80. The molecule has 5 heteroatoms. The van der Waals surface area contributed by atoms with E-state index >= 15 is 0 Å². The van der Waals surface area contributed by atoms with E-state index in [0.717, 1.165) is 13.0 Å². The molecule has 5 nitrogen and oxygen atoms in total. The summed E-state index contributed by atoms with van der Waals surface area (Å²) in [6.45, 7) is 4.82. The Labute approximate surface area is 103 Å². The number of amides is 3. The summed E-state index contributed by atoms with van der Waals surface area (Å²) in [6.07, 6.45) is 4.90. The van der Waals surface area contributed by atoms with Crippen LogP contribution in [0.4, 0.5) is 4.79 Å². The highest BCUT2D eigenvalue weighted by Gasteiger charge is 2.35. The minimum Gasteiger partial charge on any atom is -0.341 e. The molecule has 0 aliphatic heterocycles. The van der Waals surface area contributed by atoms with Crippen molar-refractivity contribution in [3.05, 3.63) is 0 Å². The molecular formula is C12H23N3O2. The average molecular weight is 241 g/mol. The number of carbonyl (C=O) groups excluding carboxylic acids is 2. The lowest BCUT2D eigenvalue weighted by molar-refractivity contribution is -0.121. The smallest absolute Gasteiger partial charge is 0.321 e. The molecule has 1 atom stereocenters. The maximum Gasteiger partial charge on any atom is 0.321 e. The van der Waals surface area contributed by atoms with Crippen LogP contribution in [0.25, 0.3) is 0 Å². The maximum atomic E-state index is 11.6. The normalized spacial score (nSPS) is 19.0. The fourth-order valence-corrected chi connectivity index (χ4v) is 2.08. The summed E-state index contributed by atoms with van der Waals surface area (Å²) in [7, 11) is 1.49. The number of hydrogen-bond acceptors (Lipinski definition) is 3. The van der Waals surface area contributed by atoms with Crippen LogP contribution in [0.1, 0.15) is 39.5 Å². The van der Waals surface area contributed by atoms with E-state index in [4.69, 9.17) is 0 Å². The summed E-state index contributed by atoms with van der Waals surface area (Å²) in [6, 6.07) is -0.797. The fourth-order valence-electron chi connectivity index (χ4n) is 2.08. The molecule has 1 fully saturated rings.